The molecule has 23 heteroatoms. The molecule has 0 rings (SSSR count). The average molecular weight is 1160 g/mol. The van der Waals surface area contributed by atoms with Gasteiger partial charge in [0.15, 0.2) is 0 Å². The maximum Gasteiger partial charge on any atom is 0.246 e. The van der Waals surface area contributed by atoms with Gasteiger partial charge in [-0.3, -0.25) is 47.9 Å². The summed E-state index contributed by atoms with van der Waals surface area (Å²) in [6.45, 7) is 27.6. The fourth-order valence-corrected chi connectivity index (χ4v) is 9.86. The molecule has 0 aromatic heterocycles. The number of nitrogens with zero attached hydrogens (tertiary/aromatic N) is 7. The van der Waals surface area contributed by atoms with Crippen molar-refractivity contribution >= 4 is 59.1 Å². The van der Waals surface area contributed by atoms with Crippen molar-refractivity contribution in [2.24, 2.45) is 47.2 Å². The van der Waals surface area contributed by atoms with Crippen molar-refractivity contribution in [3.05, 3.63) is 12.2 Å². The molecule has 0 fully saturated rings. The maximum absolute atomic E-state index is 15.1. The summed E-state index contributed by atoms with van der Waals surface area (Å²) in [5.41, 5.74) is 5.84. The highest BCUT2D eigenvalue weighted by molar-refractivity contribution is 5.98. The van der Waals surface area contributed by atoms with Crippen LogP contribution in [0, 0.1) is 41.4 Å². The zero-order valence-electron chi connectivity index (χ0n) is 54.1. The van der Waals surface area contributed by atoms with Crippen LogP contribution in [0.15, 0.2) is 12.2 Å². The third-order valence-corrected chi connectivity index (χ3v) is 15.8. The predicted octanol–water partition coefficient (Wildman–Crippen LogP) is 2.27. The van der Waals surface area contributed by atoms with E-state index in [0.717, 1.165) is 9.80 Å². The van der Waals surface area contributed by atoms with Gasteiger partial charge in [-0.25, -0.2) is 0 Å². The predicted molar refractivity (Wildman–Crippen MR) is 317 cm³/mol. The molecular weight excluding hydrogens is 1050 g/mol. The van der Waals surface area contributed by atoms with Crippen LogP contribution in [0.1, 0.15) is 143 Å². The summed E-state index contributed by atoms with van der Waals surface area (Å²) in [6, 6.07) is -9.29. The number of likely N-dealkylation sites (N-methyl/N-ethyl adjacent to an activating group) is 7. The summed E-state index contributed by atoms with van der Waals surface area (Å²) in [7, 11) is 10.1. The van der Waals surface area contributed by atoms with E-state index in [1.165, 1.54) is 87.7 Å². The van der Waals surface area contributed by atoms with E-state index < -0.39 is 132 Å². The SMILES string of the molecule is C/C=C\C[C@@H](C)[C@H](O)C(C(=O)N[C@H](CC)C(=O)N(C)CC(=O)N(C)[C@H](C(N)O)C(C)CC)N(C)C(=O)[C@@H](C(C)C)N(C)C(=O)[C@@H](CC(C)C)N(C)C(=O)[C@H](CC(C)C)N(C)C(=O)[C@H](C)NC(=O)[C@@H](C)NC(=O)CN(C)C(=O)[C@@H](C)C(C)C. The zero-order chi connectivity index (χ0) is 64.1. The fourth-order valence-electron chi connectivity index (χ4n) is 9.86. The molecule has 472 valence electrons. The molecule has 0 aliphatic carbocycles. The molecule has 0 saturated heterocycles. The van der Waals surface area contributed by atoms with Crippen LogP contribution in [-0.4, -0.2) is 227 Å². The number of nitrogens with two attached hydrogens (primary N) is 1. The van der Waals surface area contributed by atoms with E-state index in [0.29, 0.717) is 12.8 Å². The highest BCUT2D eigenvalue weighted by atomic mass is 16.3. The van der Waals surface area contributed by atoms with E-state index in [-0.39, 0.29) is 61.3 Å². The summed E-state index contributed by atoms with van der Waals surface area (Å²) < 4.78 is 0. The maximum atomic E-state index is 15.1. The van der Waals surface area contributed by atoms with Crippen LogP contribution < -0.4 is 21.7 Å². The second-order valence-electron chi connectivity index (χ2n) is 24.3. The van der Waals surface area contributed by atoms with Crippen LogP contribution in [0.2, 0.25) is 0 Å². The molecule has 10 amide bonds. The molecule has 0 saturated carbocycles. The summed E-state index contributed by atoms with van der Waals surface area (Å²) in [6.07, 6.45) is 2.11. The van der Waals surface area contributed by atoms with Gasteiger partial charge in [-0.05, 0) is 82.0 Å². The van der Waals surface area contributed by atoms with Gasteiger partial charge in [0.05, 0.1) is 25.2 Å². The van der Waals surface area contributed by atoms with E-state index in [4.69, 9.17) is 5.73 Å². The highest BCUT2D eigenvalue weighted by Gasteiger charge is 2.45. The molecule has 0 heterocycles. The molecule has 0 aromatic rings. The lowest BCUT2D eigenvalue weighted by atomic mass is 9.91. The Kier molecular flexibility index (Phi) is 33.0. The number of hydrogen-bond donors (Lipinski definition) is 6. The first kappa shape index (κ1) is 76.3. The van der Waals surface area contributed by atoms with Gasteiger partial charge < -0.3 is 66.2 Å². The molecule has 23 nitrogen and oxygen atoms in total. The van der Waals surface area contributed by atoms with Gasteiger partial charge in [0.25, 0.3) is 0 Å². The van der Waals surface area contributed by atoms with Gasteiger partial charge in [-0.1, -0.05) is 109 Å². The molecule has 0 spiro atoms. The second kappa shape index (κ2) is 35.5. The van der Waals surface area contributed by atoms with E-state index >= 15 is 9.59 Å². The van der Waals surface area contributed by atoms with Crippen molar-refractivity contribution in [2.45, 2.75) is 204 Å². The monoisotopic (exact) mass is 1160 g/mol. The van der Waals surface area contributed by atoms with Crippen LogP contribution in [0.3, 0.4) is 0 Å². The number of amides is 10. The first-order valence-corrected chi connectivity index (χ1v) is 29.2. The molecular formula is C59H109N11O12. The first-order chi connectivity index (χ1) is 37.8. The Hall–Kier alpha value is -5.68. The number of carbonyl (C=O) groups is 10. The van der Waals surface area contributed by atoms with Gasteiger partial charge in [0.2, 0.25) is 59.1 Å². The minimum Gasteiger partial charge on any atom is -0.390 e. The van der Waals surface area contributed by atoms with Crippen molar-refractivity contribution in [1.82, 2.24) is 50.2 Å². The Labute approximate surface area is 491 Å². The number of rotatable bonds is 34. The minimum atomic E-state index is -1.59. The quantitative estimate of drug-likeness (QED) is 0.0399. The largest absolute Gasteiger partial charge is 0.390 e. The Balaban J connectivity index is 6.97. The second-order valence-corrected chi connectivity index (χ2v) is 24.3. The topological polar surface area (TPSA) is 296 Å². The van der Waals surface area contributed by atoms with Gasteiger partial charge in [0, 0.05) is 55.3 Å². The van der Waals surface area contributed by atoms with Crippen molar-refractivity contribution in [3.63, 3.8) is 0 Å². The number of allylic oxidation sites excluding steroid dienone is 2. The summed E-state index contributed by atoms with van der Waals surface area (Å²) >= 11 is 0. The van der Waals surface area contributed by atoms with E-state index in [9.17, 15) is 48.6 Å². The molecule has 3 unspecified atom stereocenters. The van der Waals surface area contributed by atoms with E-state index in [1.807, 2.05) is 61.5 Å². The Bertz CT molecular complexity index is 2160. The van der Waals surface area contributed by atoms with E-state index in [1.54, 1.807) is 47.6 Å². The smallest absolute Gasteiger partial charge is 0.246 e. The van der Waals surface area contributed by atoms with E-state index in [2.05, 4.69) is 16.0 Å². The van der Waals surface area contributed by atoms with Crippen LogP contribution in [0.5, 0.6) is 0 Å². The first-order valence-electron chi connectivity index (χ1n) is 29.2. The van der Waals surface area contributed by atoms with Crippen LogP contribution >= 0.6 is 0 Å². The van der Waals surface area contributed by atoms with Crippen LogP contribution in [0.4, 0.5) is 0 Å². The lowest BCUT2D eigenvalue weighted by Crippen LogP contribution is -2.63. The number of aliphatic hydroxyl groups excluding tert-OH is 2. The lowest BCUT2D eigenvalue weighted by Gasteiger charge is -2.41. The zero-order valence-corrected chi connectivity index (χ0v) is 54.1. The Morgan fingerprint density at radius 2 is 0.976 bits per heavy atom. The average Bonchev–Trinajstić information content (AvgIpc) is 3.39. The van der Waals surface area contributed by atoms with Crippen LogP contribution in [-0.2, 0) is 47.9 Å². The van der Waals surface area contributed by atoms with Crippen molar-refractivity contribution < 1.29 is 58.2 Å². The number of aliphatic hydroxyl groups is 2. The Morgan fingerprint density at radius 1 is 0.500 bits per heavy atom. The summed E-state index contributed by atoms with van der Waals surface area (Å²) in [5.74, 6) is -7.85. The summed E-state index contributed by atoms with van der Waals surface area (Å²) in [4.78, 5) is 149. The normalized spacial score (nSPS) is 16.5. The molecule has 0 aliphatic rings. The fraction of sp³-hybridized carbons (Fsp3) is 0.797. The molecule has 0 radical (unpaired) electrons. The lowest BCUT2D eigenvalue weighted by molar-refractivity contribution is -0.157. The molecule has 0 aliphatic heterocycles. The van der Waals surface area contributed by atoms with Crippen molar-refractivity contribution in [3.8, 4) is 0 Å². The van der Waals surface area contributed by atoms with Gasteiger partial charge in [-0.15, -0.1) is 0 Å². The highest BCUT2D eigenvalue weighted by Crippen LogP contribution is 2.25. The molecule has 0 aromatic carbocycles. The van der Waals surface area contributed by atoms with Crippen molar-refractivity contribution in [2.75, 3.05) is 62.4 Å². The standard InChI is InChI=1S/C59H109N11O12/c1-24-27-28-38(13)50(73)49(53(76)63-42(26-3)56(79)65(18)32-46(72)68(21)48(51(60)74)37(12)25-2)70(23)59(82)47(36(10)11)69(22)58(81)44(30-34(6)7)67(20)57(80)43(29-33(4)5)66(19)55(78)41(16)62-52(75)40(15)61-45(71)31-64(17)54(77)39(14)35(8)9/h24,27,33-44,47-51,73-74H,25-26,28-32,60H2,1-23H3,(H,61,71)(H,62,75)(H,63,76)/b27-24-/t37?,38-,39+,40-,41+,42-,43+,44-,47-,48+,49?,50+,51?/m1/s1. The Morgan fingerprint density at radius 3 is 1.41 bits per heavy atom. The number of nitrogens with one attached hydrogen (secondary N) is 3. The van der Waals surface area contributed by atoms with Crippen LogP contribution in [0.25, 0.3) is 0 Å². The molecule has 13 atom stereocenters. The third-order valence-electron chi connectivity index (χ3n) is 15.8. The summed E-state index contributed by atoms with van der Waals surface area (Å²) in [5, 5.41) is 30.2. The van der Waals surface area contributed by atoms with Gasteiger partial charge in [-0.2, -0.15) is 0 Å². The molecule has 7 N–H and O–H groups in total. The van der Waals surface area contributed by atoms with Gasteiger partial charge in [0.1, 0.15) is 48.5 Å². The minimum absolute atomic E-state index is 0.0581. The molecule has 0 bridgehead atoms. The third kappa shape index (κ3) is 22.1. The molecule has 82 heavy (non-hydrogen) atoms. The number of carbonyl (C=O) groups excluding carboxylic acids is 10. The van der Waals surface area contributed by atoms with Crippen molar-refractivity contribution in [1.29, 1.82) is 0 Å². The number of hydrogen-bond acceptors (Lipinski definition) is 13. The van der Waals surface area contributed by atoms with Gasteiger partial charge >= 0.3 is 0 Å².